The van der Waals surface area contributed by atoms with Crippen LogP contribution in [0.4, 0.5) is 0 Å². The Labute approximate surface area is 205 Å². The molecule has 0 saturated heterocycles. The summed E-state index contributed by atoms with van der Waals surface area (Å²) in [6.07, 6.45) is 3.43. The Morgan fingerprint density at radius 1 is 1.18 bits per heavy atom. The van der Waals surface area contributed by atoms with Gasteiger partial charge in [-0.25, -0.2) is 4.98 Å². The predicted octanol–water partition coefficient (Wildman–Crippen LogP) is 4.02. The van der Waals surface area contributed by atoms with Gasteiger partial charge in [-0.15, -0.1) is 21.5 Å². The maximum Gasteiger partial charge on any atom is 0.270 e. The smallest absolute Gasteiger partial charge is 0.270 e. The van der Waals surface area contributed by atoms with Crippen molar-refractivity contribution in [2.45, 2.75) is 10.9 Å². The van der Waals surface area contributed by atoms with Gasteiger partial charge in [0.2, 0.25) is 0 Å². The molecule has 0 fully saturated rings. The Hall–Kier alpha value is -2.79. The molecule has 4 aromatic rings. The topological polar surface area (TPSA) is 88.8 Å². The van der Waals surface area contributed by atoms with Crippen molar-refractivity contribution in [1.82, 2.24) is 34.9 Å². The average Bonchev–Trinajstić information content (AvgIpc) is 3.46. The molecule has 0 bridgehead atoms. The zero-order chi connectivity index (χ0) is 23.2. The second-order valence-electron chi connectivity index (χ2n) is 7.30. The Morgan fingerprint density at radius 2 is 1.97 bits per heavy atom. The summed E-state index contributed by atoms with van der Waals surface area (Å²) >= 11 is 9.45. The number of hydrogen-bond donors (Lipinski definition) is 1. The van der Waals surface area contributed by atoms with Gasteiger partial charge in [-0.3, -0.25) is 14.3 Å². The van der Waals surface area contributed by atoms with Crippen LogP contribution in [0.15, 0.2) is 59.3 Å². The van der Waals surface area contributed by atoms with Crippen LogP contribution in [0, 0.1) is 0 Å². The van der Waals surface area contributed by atoms with E-state index >= 15 is 0 Å². The molecule has 0 aliphatic rings. The van der Waals surface area contributed by atoms with Crippen molar-refractivity contribution in [3.05, 3.63) is 69.9 Å². The molecule has 0 spiro atoms. The monoisotopic (exact) mass is 499 g/mol. The van der Waals surface area contributed by atoms with Gasteiger partial charge in [0, 0.05) is 36.4 Å². The Kier molecular flexibility index (Phi) is 7.71. The lowest BCUT2D eigenvalue weighted by Crippen LogP contribution is -2.31. The van der Waals surface area contributed by atoms with E-state index in [0.717, 1.165) is 22.8 Å². The minimum absolute atomic E-state index is 0.163. The van der Waals surface area contributed by atoms with Gasteiger partial charge in [0.05, 0.1) is 16.5 Å². The number of nitrogens with one attached hydrogen (secondary N) is 1. The molecule has 0 atom stereocenters. The third-order valence-corrected chi connectivity index (χ3v) is 6.91. The fourth-order valence-corrected chi connectivity index (χ4v) is 4.95. The number of benzene rings is 1. The lowest BCUT2D eigenvalue weighted by molar-refractivity contribution is 0.0946. The number of para-hydroxylation sites is 1. The fourth-order valence-electron chi connectivity index (χ4n) is 2.99. The zero-order valence-corrected chi connectivity index (χ0v) is 20.5. The van der Waals surface area contributed by atoms with Crippen LogP contribution in [-0.2, 0) is 5.75 Å². The van der Waals surface area contributed by atoms with E-state index in [4.69, 9.17) is 11.6 Å². The van der Waals surface area contributed by atoms with E-state index in [0.29, 0.717) is 34.0 Å². The number of nitrogens with zero attached hydrogens (tertiary/aromatic N) is 6. The molecule has 33 heavy (non-hydrogen) atoms. The number of hydrogen-bond acceptors (Lipinski definition) is 8. The van der Waals surface area contributed by atoms with Crippen molar-refractivity contribution in [3.8, 4) is 17.1 Å². The molecule has 0 unspecified atom stereocenters. The first-order valence-electron chi connectivity index (χ1n) is 10.1. The van der Waals surface area contributed by atoms with Gasteiger partial charge in [0.1, 0.15) is 10.7 Å². The van der Waals surface area contributed by atoms with Crippen molar-refractivity contribution in [2.24, 2.45) is 0 Å². The molecule has 170 valence electrons. The number of thioether (sulfide) groups is 1. The first-order chi connectivity index (χ1) is 16.0. The van der Waals surface area contributed by atoms with E-state index in [1.807, 2.05) is 60.0 Å². The molecule has 11 heteroatoms. The quantitative estimate of drug-likeness (QED) is 0.348. The molecular formula is C22H22ClN7OS2. The third-order valence-electron chi connectivity index (χ3n) is 4.62. The average molecular weight is 500 g/mol. The fraction of sp³-hybridized carbons (Fsp3) is 0.227. The van der Waals surface area contributed by atoms with E-state index in [1.54, 1.807) is 17.8 Å². The molecule has 8 nitrogen and oxygen atoms in total. The lowest BCUT2D eigenvalue weighted by atomic mass is 10.2. The highest BCUT2D eigenvalue weighted by Crippen LogP contribution is 2.32. The number of amides is 1. The number of carbonyl (C=O) groups is 1. The summed E-state index contributed by atoms with van der Waals surface area (Å²) in [6.45, 7) is 1.35. The van der Waals surface area contributed by atoms with Crippen LogP contribution >= 0.6 is 34.7 Å². The number of rotatable bonds is 9. The summed E-state index contributed by atoms with van der Waals surface area (Å²) in [5, 5.41) is 15.6. The van der Waals surface area contributed by atoms with Crippen LogP contribution in [0.25, 0.3) is 17.1 Å². The summed E-state index contributed by atoms with van der Waals surface area (Å²) in [5.41, 5.74) is 2.10. The van der Waals surface area contributed by atoms with Crippen molar-refractivity contribution in [2.75, 3.05) is 27.2 Å². The molecule has 1 N–H and O–H groups in total. The first kappa shape index (κ1) is 23.4. The number of likely N-dealkylation sites (N-methyl/N-ethyl adjacent to an activating group) is 1. The van der Waals surface area contributed by atoms with Crippen molar-refractivity contribution < 1.29 is 4.79 Å². The summed E-state index contributed by atoms with van der Waals surface area (Å²) in [6, 6.07) is 11.3. The Balaban J connectivity index is 1.54. The lowest BCUT2D eigenvalue weighted by Gasteiger charge is -2.11. The van der Waals surface area contributed by atoms with E-state index in [9.17, 15) is 4.79 Å². The molecule has 0 saturated carbocycles. The second-order valence-corrected chi connectivity index (χ2v) is 9.60. The number of pyridine rings is 1. The summed E-state index contributed by atoms with van der Waals surface area (Å²) in [5.74, 6) is 1.06. The maximum atomic E-state index is 12.3. The molecule has 1 amide bonds. The Morgan fingerprint density at radius 3 is 2.73 bits per heavy atom. The standard InChI is InChI=1S/C22H22ClN7OS2/c1-29(2)12-11-25-21(31)17-13-32-19(26-17)14-33-22-28-27-20(15-7-9-24-10-8-15)30(22)18-6-4-3-5-16(18)23/h3-10,13H,11-12,14H2,1-2H3,(H,25,31). The van der Waals surface area contributed by atoms with Gasteiger partial charge < -0.3 is 10.2 Å². The van der Waals surface area contributed by atoms with Gasteiger partial charge in [-0.1, -0.05) is 35.5 Å². The predicted molar refractivity (Wildman–Crippen MR) is 132 cm³/mol. The summed E-state index contributed by atoms with van der Waals surface area (Å²) in [7, 11) is 3.93. The minimum atomic E-state index is -0.163. The van der Waals surface area contributed by atoms with Crippen LogP contribution in [-0.4, -0.2) is 62.7 Å². The highest BCUT2D eigenvalue weighted by atomic mass is 35.5. The van der Waals surface area contributed by atoms with Crippen molar-refractivity contribution in [3.63, 3.8) is 0 Å². The van der Waals surface area contributed by atoms with Crippen LogP contribution < -0.4 is 5.32 Å². The summed E-state index contributed by atoms with van der Waals surface area (Å²) < 4.78 is 1.94. The molecule has 4 rings (SSSR count). The number of halogens is 1. The highest BCUT2D eigenvalue weighted by molar-refractivity contribution is 7.98. The Bertz CT molecular complexity index is 1230. The van der Waals surface area contributed by atoms with Crippen LogP contribution in [0.2, 0.25) is 5.02 Å². The van der Waals surface area contributed by atoms with Crippen LogP contribution in [0.5, 0.6) is 0 Å². The van der Waals surface area contributed by atoms with E-state index in [-0.39, 0.29) is 5.91 Å². The van der Waals surface area contributed by atoms with Crippen LogP contribution in [0.1, 0.15) is 15.5 Å². The molecule has 0 radical (unpaired) electrons. The van der Waals surface area contributed by atoms with Gasteiger partial charge in [-0.05, 0) is 38.4 Å². The van der Waals surface area contributed by atoms with Gasteiger partial charge >= 0.3 is 0 Å². The molecular weight excluding hydrogens is 478 g/mol. The molecule has 0 aliphatic heterocycles. The zero-order valence-electron chi connectivity index (χ0n) is 18.1. The molecule has 0 aliphatic carbocycles. The number of thiazole rings is 1. The molecule has 3 aromatic heterocycles. The second kappa shape index (κ2) is 10.9. The van der Waals surface area contributed by atoms with E-state index in [1.165, 1.54) is 23.1 Å². The first-order valence-corrected chi connectivity index (χ1v) is 12.4. The minimum Gasteiger partial charge on any atom is -0.349 e. The number of carbonyl (C=O) groups excluding carboxylic acids is 1. The molecule has 1 aromatic carbocycles. The van der Waals surface area contributed by atoms with E-state index < -0.39 is 0 Å². The van der Waals surface area contributed by atoms with Gasteiger partial charge in [0.25, 0.3) is 5.91 Å². The molecule has 3 heterocycles. The van der Waals surface area contributed by atoms with Gasteiger partial charge in [-0.2, -0.15) is 0 Å². The third kappa shape index (κ3) is 5.77. The van der Waals surface area contributed by atoms with E-state index in [2.05, 4.69) is 25.5 Å². The van der Waals surface area contributed by atoms with Gasteiger partial charge in [0.15, 0.2) is 11.0 Å². The van der Waals surface area contributed by atoms with Crippen molar-refractivity contribution >= 4 is 40.6 Å². The maximum absolute atomic E-state index is 12.3. The number of aromatic nitrogens is 5. The van der Waals surface area contributed by atoms with Crippen LogP contribution in [0.3, 0.4) is 0 Å². The largest absolute Gasteiger partial charge is 0.349 e. The normalized spacial score (nSPS) is 11.2. The van der Waals surface area contributed by atoms with Crippen molar-refractivity contribution in [1.29, 1.82) is 0 Å². The SMILES string of the molecule is CN(C)CCNC(=O)c1csc(CSc2nnc(-c3ccncc3)n2-c2ccccc2Cl)n1. The highest BCUT2D eigenvalue weighted by Gasteiger charge is 2.19. The summed E-state index contributed by atoms with van der Waals surface area (Å²) in [4.78, 5) is 22.9.